The summed E-state index contributed by atoms with van der Waals surface area (Å²) in [4.78, 5) is 24.0. The summed E-state index contributed by atoms with van der Waals surface area (Å²) < 4.78 is 10.4. The van der Waals surface area contributed by atoms with Crippen molar-refractivity contribution in [2.45, 2.75) is 40.0 Å². The largest absolute Gasteiger partial charge is 0.482 e. The average Bonchev–Trinajstić information content (AvgIpc) is 2.66. The Morgan fingerprint density at radius 1 is 1.04 bits per heavy atom. The van der Waals surface area contributed by atoms with Crippen molar-refractivity contribution in [1.82, 2.24) is 0 Å². The van der Waals surface area contributed by atoms with Crippen molar-refractivity contribution in [2.75, 3.05) is 18.5 Å². The maximum atomic E-state index is 12.2. The van der Waals surface area contributed by atoms with E-state index in [1.165, 1.54) is 5.56 Å². The lowest BCUT2D eigenvalue weighted by atomic mass is 9.98. The van der Waals surface area contributed by atoms with Crippen LogP contribution in [0, 0.1) is 6.92 Å². The summed E-state index contributed by atoms with van der Waals surface area (Å²) in [6.07, 6.45) is 0.941. The number of ether oxygens (including phenoxy) is 2. The van der Waals surface area contributed by atoms with E-state index in [2.05, 4.69) is 26.1 Å². The summed E-state index contributed by atoms with van der Waals surface area (Å²) in [7, 11) is 0. The van der Waals surface area contributed by atoms with Crippen molar-refractivity contribution in [3.05, 3.63) is 59.2 Å². The van der Waals surface area contributed by atoms with E-state index >= 15 is 0 Å². The van der Waals surface area contributed by atoms with Gasteiger partial charge in [-0.1, -0.05) is 51.1 Å². The van der Waals surface area contributed by atoms with E-state index in [1.54, 1.807) is 0 Å². The molecular weight excluding hydrogens is 342 g/mol. The van der Waals surface area contributed by atoms with Gasteiger partial charge in [-0.3, -0.25) is 4.79 Å². The molecule has 0 aliphatic rings. The van der Waals surface area contributed by atoms with E-state index in [1.807, 2.05) is 49.4 Å². The third-order valence-corrected chi connectivity index (χ3v) is 4.24. The van der Waals surface area contributed by atoms with Gasteiger partial charge in [-0.2, -0.15) is 0 Å². The molecule has 0 heterocycles. The molecule has 5 nitrogen and oxygen atoms in total. The Hall–Kier alpha value is -2.82. The Morgan fingerprint density at radius 2 is 1.74 bits per heavy atom. The van der Waals surface area contributed by atoms with Crippen LogP contribution in [-0.2, 0) is 20.7 Å². The molecule has 0 unspecified atom stereocenters. The molecule has 0 aliphatic carbocycles. The smallest absolute Gasteiger partial charge is 0.344 e. The summed E-state index contributed by atoms with van der Waals surface area (Å²) in [5, 5.41) is 2.84. The highest BCUT2D eigenvalue weighted by Crippen LogP contribution is 2.27. The van der Waals surface area contributed by atoms with E-state index in [0.29, 0.717) is 5.75 Å². The third-order valence-electron chi connectivity index (χ3n) is 4.24. The number of carbonyl (C=O) groups is 2. The first kappa shape index (κ1) is 20.5. The molecule has 0 radical (unpaired) electrons. The lowest BCUT2D eigenvalue weighted by Crippen LogP contribution is -2.24. The normalized spacial score (nSPS) is 10.6. The van der Waals surface area contributed by atoms with Crippen LogP contribution in [0.25, 0.3) is 0 Å². The number of aryl methyl sites for hydroxylation is 2. The number of benzene rings is 2. The summed E-state index contributed by atoms with van der Waals surface area (Å²) in [6.45, 7) is 7.55. The van der Waals surface area contributed by atoms with Gasteiger partial charge in [0.2, 0.25) is 0 Å². The van der Waals surface area contributed by atoms with Crippen molar-refractivity contribution < 1.29 is 19.1 Å². The molecule has 2 aromatic rings. The minimum absolute atomic E-state index is 0.236. The van der Waals surface area contributed by atoms with Crippen LogP contribution in [0.15, 0.2) is 42.5 Å². The number of amides is 1. The molecule has 0 saturated heterocycles. The van der Waals surface area contributed by atoms with E-state index in [9.17, 15) is 9.59 Å². The Kier molecular flexibility index (Phi) is 7.41. The van der Waals surface area contributed by atoms with Crippen LogP contribution in [0.1, 0.15) is 43.4 Å². The zero-order chi connectivity index (χ0) is 19.8. The van der Waals surface area contributed by atoms with Gasteiger partial charge in [-0.15, -0.1) is 0 Å². The van der Waals surface area contributed by atoms with Gasteiger partial charge in [0, 0.05) is 5.69 Å². The maximum Gasteiger partial charge on any atom is 0.344 e. The standard InChI is InChI=1S/C22H27NO4/c1-5-17-9-11-18(12-10-17)26-14-21(25)27-13-20(24)23-22-16(4)7-6-8-19(22)15(2)3/h6-12,15H,5,13-14H2,1-4H3,(H,23,24). The Bertz CT molecular complexity index is 781. The SMILES string of the molecule is CCc1ccc(OCC(=O)OCC(=O)Nc2c(C)cccc2C(C)C)cc1. The zero-order valence-corrected chi connectivity index (χ0v) is 16.4. The molecule has 2 aromatic carbocycles. The second-order valence-corrected chi connectivity index (χ2v) is 6.69. The van der Waals surface area contributed by atoms with E-state index in [4.69, 9.17) is 9.47 Å². The number of carbonyl (C=O) groups excluding carboxylic acids is 2. The molecular formula is C22H27NO4. The van der Waals surface area contributed by atoms with Crippen molar-refractivity contribution in [3.63, 3.8) is 0 Å². The maximum absolute atomic E-state index is 12.2. The van der Waals surface area contributed by atoms with E-state index in [-0.39, 0.29) is 25.0 Å². The first-order valence-electron chi connectivity index (χ1n) is 9.17. The van der Waals surface area contributed by atoms with Gasteiger partial charge in [0.15, 0.2) is 13.2 Å². The fourth-order valence-corrected chi connectivity index (χ4v) is 2.67. The molecule has 0 aliphatic heterocycles. The summed E-state index contributed by atoms with van der Waals surface area (Å²) in [5.41, 5.74) is 3.99. The van der Waals surface area contributed by atoms with Gasteiger partial charge < -0.3 is 14.8 Å². The van der Waals surface area contributed by atoms with Crippen LogP contribution in [0.2, 0.25) is 0 Å². The van der Waals surface area contributed by atoms with Crippen LogP contribution >= 0.6 is 0 Å². The predicted molar refractivity (Wildman–Crippen MR) is 106 cm³/mol. The van der Waals surface area contributed by atoms with Gasteiger partial charge in [-0.25, -0.2) is 4.79 Å². The molecule has 5 heteroatoms. The Labute approximate surface area is 160 Å². The molecule has 27 heavy (non-hydrogen) atoms. The summed E-state index contributed by atoms with van der Waals surface area (Å²) >= 11 is 0. The molecule has 2 rings (SSSR count). The van der Waals surface area contributed by atoms with Gasteiger partial charge in [0.05, 0.1) is 0 Å². The molecule has 0 fully saturated rings. The summed E-state index contributed by atoms with van der Waals surface area (Å²) in [5.74, 6) is -0.0873. The second-order valence-electron chi connectivity index (χ2n) is 6.69. The summed E-state index contributed by atoms with van der Waals surface area (Å²) in [6, 6.07) is 13.4. The Balaban J connectivity index is 1.82. The van der Waals surface area contributed by atoms with Crippen molar-refractivity contribution in [3.8, 4) is 5.75 Å². The van der Waals surface area contributed by atoms with Crippen molar-refractivity contribution >= 4 is 17.6 Å². The van der Waals surface area contributed by atoms with Gasteiger partial charge in [-0.05, 0) is 48.1 Å². The molecule has 0 atom stereocenters. The number of hydrogen-bond acceptors (Lipinski definition) is 4. The lowest BCUT2D eigenvalue weighted by Gasteiger charge is -2.16. The number of hydrogen-bond donors (Lipinski definition) is 1. The molecule has 0 aromatic heterocycles. The van der Waals surface area contributed by atoms with Gasteiger partial charge in [0.25, 0.3) is 5.91 Å². The van der Waals surface area contributed by atoms with Gasteiger partial charge >= 0.3 is 5.97 Å². The highest BCUT2D eigenvalue weighted by Gasteiger charge is 2.14. The zero-order valence-electron chi connectivity index (χ0n) is 16.4. The minimum Gasteiger partial charge on any atom is -0.482 e. The fraction of sp³-hybridized carbons (Fsp3) is 0.364. The first-order valence-corrected chi connectivity index (χ1v) is 9.17. The minimum atomic E-state index is -0.585. The molecule has 144 valence electrons. The van der Waals surface area contributed by atoms with Crippen LogP contribution < -0.4 is 10.1 Å². The van der Waals surface area contributed by atoms with Crippen LogP contribution in [0.3, 0.4) is 0 Å². The number of rotatable bonds is 8. The highest BCUT2D eigenvalue weighted by molar-refractivity contribution is 5.94. The molecule has 0 spiro atoms. The molecule has 1 N–H and O–H groups in total. The van der Waals surface area contributed by atoms with E-state index < -0.39 is 5.97 Å². The number of esters is 1. The van der Waals surface area contributed by atoms with Crippen LogP contribution in [-0.4, -0.2) is 25.1 Å². The third kappa shape index (κ3) is 6.13. The van der Waals surface area contributed by atoms with Crippen LogP contribution in [0.4, 0.5) is 5.69 Å². The number of nitrogens with one attached hydrogen (secondary N) is 1. The van der Waals surface area contributed by atoms with Crippen molar-refractivity contribution in [2.24, 2.45) is 0 Å². The fourth-order valence-electron chi connectivity index (χ4n) is 2.67. The molecule has 0 saturated carbocycles. The van der Waals surface area contributed by atoms with E-state index in [0.717, 1.165) is 23.2 Å². The predicted octanol–water partition coefficient (Wildman–Crippen LogP) is 4.24. The highest BCUT2D eigenvalue weighted by atomic mass is 16.6. The monoisotopic (exact) mass is 369 g/mol. The van der Waals surface area contributed by atoms with Gasteiger partial charge in [0.1, 0.15) is 5.75 Å². The lowest BCUT2D eigenvalue weighted by molar-refractivity contribution is -0.149. The average molecular weight is 369 g/mol. The second kappa shape index (κ2) is 9.76. The van der Waals surface area contributed by atoms with Crippen molar-refractivity contribution in [1.29, 1.82) is 0 Å². The number of anilines is 1. The molecule has 1 amide bonds. The van der Waals surface area contributed by atoms with Crippen LogP contribution in [0.5, 0.6) is 5.75 Å². The Morgan fingerprint density at radius 3 is 2.37 bits per heavy atom. The molecule has 0 bridgehead atoms. The quantitative estimate of drug-likeness (QED) is 0.707. The first-order chi connectivity index (χ1) is 12.9. The topological polar surface area (TPSA) is 64.6 Å². The number of para-hydroxylation sites is 1.